The summed E-state index contributed by atoms with van der Waals surface area (Å²) in [5, 5.41) is 7.32. The van der Waals surface area contributed by atoms with Gasteiger partial charge in [0.15, 0.2) is 5.78 Å². The van der Waals surface area contributed by atoms with Crippen LogP contribution in [0.3, 0.4) is 0 Å². The van der Waals surface area contributed by atoms with Gasteiger partial charge >= 0.3 is 0 Å². The molecule has 1 aliphatic carbocycles. The molecule has 2 aromatic rings. The van der Waals surface area contributed by atoms with Crippen LogP contribution in [0.1, 0.15) is 68.1 Å². The second-order valence-electron chi connectivity index (χ2n) is 8.77. The second kappa shape index (κ2) is 9.91. The average Bonchev–Trinajstić information content (AvgIpc) is 2.76. The molecule has 9 heteroatoms. The Morgan fingerprint density at radius 1 is 1.12 bits per heavy atom. The molecule has 1 aromatic carbocycles. The van der Waals surface area contributed by atoms with Gasteiger partial charge in [0.1, 0.15) is 23.6 Å². The van der Waals surface area contributed by atoms with Crippen molar-refractivity contribution in [1.29, 1.82) is 0 Å². The average molecular weight is 460 g/mol. The first-order valence-corrected chi connectivity index (χ1v) is 11.3. The van der Waals surface area contributed by atoms with E-state index in [0.29, 0.717) is 40.6 Å². The molecule has 1 aromatic heterocycles. The van der Waals surface area contributed by atoms with Crippen molar-refractivity contribution in [2.45, 2.75) is 64.1 Å². The molecule has 0 radical (unpaired) electrons. The SMILES string of the molecule is Cc1nc(NC(N)c2cccc(C(F)F)c2F)c2/c(n1)=C\C(=O)CCC1CCC(CC1)N/C=2. The van der Waals surface area contributed by atoms with Crippen molar-refractivity contribution in [3.8, 4) is 0 Å². The van der Waals surface area contributed by atoms with Crippen LogP contribution in [0.25, 0.3) is 12.3 Å². The molecule has 5 rings (SSSR count). The number of Topliss-reactive ketones (excluding diaryl/α,β-unsaturated/α-hetero) is 1. The van der Waals surface area contributed by atoms with Gasteiger partial charge in [-0.3, -0.25) is 4.79 Å². The summed E-state index contributed by atoms with van der Waals surface area (Å²) in [5.74, 6) is 0.199. The molecule has 4 N–H and O–H groups in total. The molecule has 2 aliphatic heterocycles. The summed E-state index contributed by atoms with van der Waals surface area (Å²) in [4.78, 5) is 21.5. The molecule has 3 aliphatic rings. The number of nitrogens with one attached hydrogen (secondary N) is 2. The van der Waals surface area contributed by atoms with Gasteiger partial charge in [-0.05, 0) is 44.9 Å². The minimum Gasteiger partial charge on any atom is -0.388 e. The van der Waals surface area contributed by atoms with Gasteiger partial charge in [-0.15, -0.1) is 0 Å². The number of nitrogens with two attached hydrogens (primary N) is 1. The van der Waals surface area contributed by atoms with Crippen LogP contribution < -0.4 is 26.9 Å². The number of anilines is 1. The summed E-state index contributed by atoms with van der Waals surface area (Å²) < 4.78 is 40.9. The molecular weight excluding hydrogens is 431 g/mol. The first-order valence-electron chi connectivity index (χ1n) is 11.3. The Kier molecular flexibility index (Phi) is 6.97. The van der Waals surface area contributed by atoms with E-state index in [-0.39, 0.29) is 11.3 Å². The quantitative estimate of drug-likeness (QED) is 0.609. The van der Waals surface area contributed by atoms with Crippen molar-refractivity contribution in [3.63, 3.8) is 0 Å². The summed E-state index contributed by atoms with van der Waals surface area (Å²) in [6, 6.07) is 4.03. The van der Waals surface area contributed by atoms with E-state index in [1.54, 1.807) is 13.1 Å². The van der Waals surface area contributed by atoms with Crippen LogP contribution in [-0.2, 0) is 4.79 Å². The lowest BCUT2D eigenvalue weighted by Gasteiger charge is -2.28. The summed E-state index contributed by atoms with van der Waals surface area (Å²) in [7, 11) is 0. The standard InChI is InChI=1S/C24H28F3N5O/c1-13-30-20-11-16(33)10-7-14-5-8-15(9-6-14)29-12-19(20)24(31-13)32-23(28)18-4-2-3-17(21(18)25)22(26)27/h2-4,11-12,14-15,22-23,29H,5-10,28H2,1H3,(H,30,31,32)/b19-12-,20-11+. The van der Waals surface area contributed by atoms with Gasteiger partial charge in [0.25, 0.3) is 6.43 Å². The van der Waals surface area contributed by atoms with Crippen molar-refractivity contribution < 1.29 is 18.0 Å². The maximum Gasteiger partial charge on any atom is 0.266 e. The number of nitrogens with zero attached hydrogens (tertiary/aromatic N) is 2. The van der Waals surface area contributed by atoms with Crippen LogP contribution >= 0.6 is 0 Å². The molecule has 0 saturated heterocycles. The van der Waals surface area contributed by atoms with Crippen LogP contribution in [0.5, 0.6) is 0 Å². The van der Waals surface area contributed by atoms with Crippen molar-refractivity contribution in [2.75, 3.05) is 5.32 Å². The number of carbonyl (C=O) groups is 1. The van der Waals surface area contributed by atoms with Crippen molar-refractivity contribution in [3.05, 3.63) is 51.5 Å². The highest BCUT2D eigenvalue weighted by atomic mass is 19.3. The smallest absolute Gasteiger partial charge is 0.266 e. The number of rotatable bonds is 4. The van der Waals surface area contributed by atoms with Gasteiger partial charge in [0.05, 0.1) is 16.1 Å². The van der Waals surface area contributed by atoms with Gasteiger partial charge < -0.3 is 16.4 Å². The van der Waals surface area contributed by atoms with Gasteiger partial charge in [-0.25, -0.2) is 23.1 Å². The van der Waals surface area contributed by atoms with Crippen LogP contribution in [0, 0.1) is 18.7 Å². The zero-order valence-corrected chi connectivity index (χ0v) is 18.5. The lowest BCUT2D eigenvalue weighted by molar-refractivity contribution is -0.113. The fourth-order valence-electron chi connectivity index (χ4n) is 4.56. The highest BCUT2D eigenvalue weighted by molar-refractivity contribution is 6.05. The topological polar surface area (TPSA) is 92.9 Å². The van der Waals surface area contributed by atoms with E-state index in [1.165, 1.54) is 18.2 Å². The third kappa shape index (κ3) is 5.35. The van der Waals surface area contributed by atoms with E-state index in [4.69, 9.17) is 5.73 Å². The maximum atomic E-state index is 14.6. The van der Waals surface area contributed by atoms with Crippen LogP contribution in [0.15, 0.2) is 18.2 Å². The summed E-state index contributed by atoms with van der Waals surface area (Å²) in [6.45, 7) is 1.68. The first-order chi connectivity index (χ1) is 15.8. The van der Waals surface area contributed by atoms with Gasteiger partial charge in [-0.1, -0.05) is 18.2 Å². The minimum atomic E-state index is -2.95. The van der Waals surface area contributed by atoms with Crippen molar-refractivity contribution in [2.24, 2.45) is 11.7 Å². The third-order valence-electron chi connectivity index (χ3n) is 6.41. The largest absolute Gasteiger partial charge is 0.388 e. The van der Waals surface area contributed by atoms with Gasteiger partial charge in [-0.2, -0.15) is 0 Å². The monoisotopic (exact) mass is 459 g/mol. The van der Waals surface area contributed by atoms with Crippen molar-refractivity contribution in [1.82, 2.24) is 15.3 Å². The summed E-state index contributed by atoms with van der Waals surface area (Å²) in [6.07, 6.45) is 4.68. The number of aryl methyl sites for hydroxylation is 1. The lowest BCUT2D eigenvalue weighted by atomic mass is 9.83. The third-order valence-corrected chi connectivity index (χ3v) is 6.41. The fraction of sp³-hybridized carbons (Fsp3) is 0.458. The highest BCUT2D eigenvalue weighted by Gasteiger charge is 2.23. The van der Waals surface area contributed by atoms with E-state index in [9.17, 15) is 18.0 Å². The van der Waals surface area contributed by atoms with E-state index < -0.39 is 24.0 Å². The molecule has 0 spiro atoms. The molecule has 6 nitrogen and oxygen atoms in total. The molecule has 33 heavy (non-hydrogen) atoms. The van der Waals surface area contributed by atoms with E-state index in [1.807, 2.05) is 0 Å². The Hall–Kier alpha value is -2.94. The minimum absolute atomic E-state index is 0.0172. The number of hydrogen-bond acceptors (Lipinski definition) is 6. The predicted molar refractivity (Wildman–Crippen MR) is 120 cm³/mol. The molecule has 176 valence electrons. The zero-order valence-electron chi connectivity index (χ0n) is 18.5. The Morgan fingerprint density at radius 2 is 1.85 bits per heavy atom. The fourth-order valence-corrected chi connectivity index (χ4v) is 4.56. The molecule has 1 unspecified atom stereocenters. The first kappa shape index (κ1) is 23.2. The number of halogens is 3. The van der Waals surface area contributed by atoms with Gasteiger partial charge in [0, 0.05) is 30.3 Å². The molecule has 0 amide bonds. The Labute approximate surface area is 190 Å². The zero-order chi connectivity index (χ0) is 23.5. The molecule has 1 fully saturated rings. The van der Waals surface area contributed by atoms with Crippen LogP contribution in [-0.4, -0.2) is 21.8 Å². The number of hydrogen-bond donors (Lipinski definition) is 3. The van der Waals surface area contributed by atoms with E-state index in [2.05, 4.69) is 20.6 Å². The molecule has 2 bridgehead atoms. The van der Waals surface area contributed by atoms with E-state index in [0.717, 1.165) is 38.2 Å². The molecular formula is C24H28F3N5O. The second-order valence-corrected chi connectivity index (χ2v) is 8.77. The highest BCUT2D eigenvalue weighted by Crippen LogP contribution is 2.28. The van der Waals surface area contributed by atoms with Crippen molar-refractivity contribution >= 4 is 23.9 Å². The molecule has 1 saturated carbocycles. The molecule has 3 heterocycles. The Balaban J connectivity index is 1.76. The Morgan fingerprint density at radius 3 is 2.58 bits per heavy atom. The lowest BCUT2D eigenvalue weighted by Crippen LogP contribution is -2.40. The van der Waals surface area contributed by atoms with Gasteiger partial charge in [0.2, 0.25) is 0 Å². The van der Waals surface area contributed by atoms with E-state index >= 15 is 0 Å². The number of benzene rings is 1. The van der Waals surface area contributed by atoms with Crippen LogP contribution in [0.2, 0.25) is 0 Å². The summed E-state index contributed by atoms with van der Waals surface area (Å²) in [5.41, 5.74) is 5.36. The van der Waals surface area contributed by atoms with Crippen LogP contribution in [0.4, 0.5) is 19.0 Å². The number of aromatic nitrogens is 2. The number of carbonyl (C=O) groups excluding carboxylic acids is 1. The number of ketones is 1. The predicted octanol–water partition coefficient (Wildman–Crippen LogP) is 2.96. The maximum absolute atomic E-state index is 14.6. The summed E-state index contributed by atoms with van der Waals surface area (Å²) >= 11 is 0. The normalized spacial score (nSPS) is 23.8. The number of alkyl halides is 2. The Bertz CT molecular complexity index is 1150. The molecule has 1 atom stereocenters. The number of fused-ring (bicyclic) bond motifs is 6.